The van der Waals surface area contributed by atoms with Crippen LogP contribution >= 0.6 is 0 Å². The van der Waals surface area contributed by atoms with Gasteiger partial charge in [-0.3, -0.25) is 4.79 Å². The van der Waals surface area contributed by atoms with Crippen molar-refractivity contribution in [3.8, 4) is 0 Å². The van der Waals surface area contributed by atoms with Crippen molar-refractivity contribution < 1.29 is 9.90 Å². The monoisotopic (exact) mass is 253 g/mol. The molecule has 2 rings (SSSR count). The molecule has 0 aromatic carbocycles. The third kappa shape index (κ3) is 3.71. The van der Waals surface area contributed by atoms with Crippen molar-refractivity contribution in [1.29, 1.82) is 0 Å². The first-order valence-electron chi connectivity index (χ1n) is 7.68. The molecular formula is C15H27NO2. The maximum absolute atomic E-state index is 11.0. The van der Waals surface area contributed by atoms with Gasteiger partial charge in [-0.05, 0) is 50.9 Å². The van der Waals surface area contributed by atoms with Gasteiger partial charge in [-0.25, -0.2) is 0 Å². The summed E-state index contributed by atoms with van der Waals surface area (Å²) in [6.45, 7) is 2.29. The third-order valence-electron chi connectivity index (χ3n) is 4.92. The van der Waals surface area contributed by atoms with Gasteiger partial charge in [0.15, 0.2) is 0 Å². The van der Waals surface area contributed by atoms with Crippen LogP contribution in [0.4, 0.5) is 0 Å². The lowest BCUT2D eigenvalue weighted by Gasteiger charge is -2.34. The number of aliphatic carboxylic acids is 1. The molecule has 0 radical (unpaired) electrons. The normalized spacial score (nSPS) is 37.4. The molecule has 0 saturated heterocycles. The van der Waals surface area contributed by atoms with E-state index < -0.39 is 5.97 Å². The molecule has 0 bridgehead atoms. The summed E-state index contributed by atoms with van der Waals surface area (Å²) in [5.74, 6) is 0.223. The summed E-state index contributed by atoms with van der Waals surface area (Å²) in [5.41, 5.74) is 0. The van der Waals surface area contributed by atoms with Crippen LogP contribution in [0.2, 0.25) is 0 Å². The van der Waals surface area contributed by atoms with Gasteiger partial charge in [0.05, 0.1) is 5.92 Å². The SMILES string of the molecule is CCC1CCC(NC2CCCC(C(=O)O)C2)CC1. The van der Waals surface area contributed by atoms with Crippen LogP contribution in [0.25, 0.3) is 0 Å². The number of carbonyl (C=O) groups is 1. The maximum Gasteiger partial charge on any atom is 0.306 e. The van der Waals surface area contributed by atoms with Gasteiger partial charge in [-0.1, -0.05) is 19.8 Å². The van der Waals surface area contributed by atoms with E-state index >= 15 is 0 Å². The summed E-state index contributed by atoms with van der Waals surface area (Å²) in [5, 5.41) is 12.8. The molecule has 2 N–H and O–H groups in total. The van der Waals surface area contributed by atoms with Gasteiger partial charge in [0.2, 0.25) is 0 Å². The van der Waals surface area contributed by atoms with Crippen molar-refractivity contribution in [3.05, 3.63) is 0 Å². The number of hydrogen-bond donors (Lipinski definition) is 2. The molecule has 0 heterocycles. The Kier molecular flexibility index (Phi) is 5.04. The van der Waals surface area contributed by atoms with E-state index in [1.54, 1.807) is 0 Å². The third-order valence-corrected chi connectivity index (χ3v) is 4.92. The molecule has 2 unspecified atom stereocenters. The van der Waals surface area contributed by atoms with Gasteiger partial charge in [-0.15, -0.1) is 0 Å². The predicted octanol–water partition coefficient (Wildman–Crippen LogP) is 3.19. The molecule has 2 aliphatic carbocycles. The molecule has 0 aromatic heterocycles. The number of hydrogen-bond acceptors (Lipinski definition) is 2. The van der Waals surface area contributed by atoms with Gasteiger partial charge in [0.1, 0.15) is 0 Å². The second kappa shape index (κ2) is 6.55. The fourth-order valence-electron chi connectivity index (χ4n) is 3.64. The minimum Gasteiger partial charge on any atom is -0.481 e. The van der Waals surface area contributed by atoms with Crippen LogP contribution in [0.5, 0.6) is 0 Å². The fourth-order valence-corrected chi connectivity index (χ4v) is 3.64. The van der Waals surface area contributed by atoms with Crippen LogP contribution in [0, 0.1) is 11.8 Å². The van der Waals surface area contributed by atoms with Crippen LogP contribution in [0.1, 0.15) is 64.7 Å². The van der Waals surface area contributed by atoms with Crippen LogP contribution in [0.3, 0.4) is 0 Å². The van der Waals surface area contributed by atoms with Gasteiger partial charge in [-0.2, -0.15) is 0 Å². The first-order valence-corrected chi connectivity index (χ1v) is 7.68. The summed E-state index contributed by atoms with van der Waals surface area (Å²) < 4.78 is 0. The van der Waals surface area contributed by atoms with Crippen LogP contribution < -0.4 is 5.32 Å². The highest BCUT2D eigenvalue weighted by atomic mass is 16.4. The lowest BCUT2D eigenvalue weighted by molar-refractivity contribution is -0.143. The standard InChI is InChI=1S/C15H27NO2/c1-2-11-6-8-13(9-7-11)16-14-5-3-4-12(10-14)15(17)18/h11-14,16H,2-10H2,1H3,(H,17,18). The number of rotatable bonds is 4. The Labute approximate surface area is 110 Å². The van der Waals surface area contributed by atoms with E-state index in [9.17, 15) is 4.79 Å². The number of carboxylic acid groups (broad SMARTS) is 1. The van der Waals surface area contributed by atoms with E-state index in [0.29, 0.717) is 12.1 Å². The average Bonchev–Trinajstić information content (AvgIpc) is 2.40. The summed E-state index contributed by atoms with van der Waals surface area (Å²) in [4.78, 5) is 11.0. The van der Waals surface area contributed by atoms with Crippen LogP contribution in [-0.4, -0.2) is 23.2 Å². The lowest BCUT2D eigenvalue weighted by Crippen LogP contribution is -2.43. The lowest BCUT2D eigenvalue weighted by atomic mass is 9.82. The van der Waals surface area contributed by atoms with E-state index in [-0.39, 0.29) is 5.92 Å². The highest BCUT2D eigenvalue weighted by Gasteiger charge is 2.29. The summed E-state index contributed by atoms with van der Waals surface area (Å²) in [6, 6.07) is 1.09. The largest absolute Gasteiger partial charge is 0.481 e. The number of carboxylic acids is 1. The zero-order valence-corrected chi connectivity index (χ0v) is 11.5. The molecule has 2 saturated carbocycles. The first-order chi connectivity index (χ1) is 8.69. The first kappa shape index (κ1) is 13.9. The van der Waals surface area contributed by atoms with Crippen LogP contribution in [0.15, 0.2) is 0 Å². The van der Waals surface area contributed by atoms with Crippen molar-refractivity contribution in [1.82, 2.24) is 5.32 Å². The molecule has 18 heavy (non-hydrogen) atoms. The number of nitrogens with one attached hydrogen (secondary N) is 1. The molecule has 0 aromatic rings. The summed E-state index contributed by atoms with van der Waals surface area (Å²) >= 11 is 0. The van der Waals surface area contributed by atoms with Gasteiger partial charge in [0.25, 0.3) is 0 Å². The molecule has 0 aliphatic heterocycles. The predicted molar refractivity (Wildman–Crippen MR) is 72.6 cm³/mol. The molecular weight excluding hydrogens is 226 g/mol. The zero-order valence-electron chi connectivity index (χ0n) is 11.5. The zero-order chi connectivity index (χ0) is 13.0. The molecule has 2 atom stereocenters. The summed E-state index contributed by atoms with van der Waals surface area (Å²) in [6.07, 6.45) is 10.5. The van der Waals surface area contributed by atoms with Crippen LogP contribution in [-0.2, 0) is 4.79 Å². The van der Waals surface area contributed by atoms with Gasteiger partial charge in [0, 0.05) is 12.1 Å². The van der Waals surface area contributed by atoms with E-state index in [4.69, 9.17) is 5.11 Å². The Bertz CT molecular complexity index is 272. The smallest absolute Gasteiger partial charge is 0.306 e. The second-order valence-corrected chi connectivity index (χ2v) is 6.19. The van der Waals surface area contributed by atoms with E-state index in [2.05, 4.69) is 12.2 Å². The van der Waals surface area contributed by atoms with Crippen molar-refractivity contribution in [2.24, 2.45) is 11.8 Å². The molecule has 104 valence electrons. The van der Waals surface area contributed by atoms with E-state index in [1.807, 2.05) is 0 Å². The minimum atomic E-state index is -0.601. The quantitative estimate of drug-likeness (QED) is 0.809. The Hall–Kier alpha value is -0.570. The Morgan fingerprint density at radius 1 is 1.11 bits per heavy atom. The summed E-state index contributed by atoms with van der Waals surface area (Å²) in [7, 11) is 0. The van der Waals surface area contributed by atoms with E-state index in [0.717, 1.165) is 31.6 Å². The van der Waals surface area contributed by atoms with Crippen molar-refractivity contribution in [3.63, 3.8) is 0 Å². The topological polar surface area (TPSA) is 49.3 Å². The molecule has 0 amide bonds. The average molecular weight is 253 g/mol. The maximum atomic E-state index is 11.0. The van der Waals surface area contributed by atoms with E-state index in [1.165, 1.54) is 32.1 Å². The second-order valence-electron chi connectivity index (χ2n) is 6.19. The Morgan fingerprint density at radius 2 is 1.83 bits per heavy atom. The Morgan fingerprint density at radius 3 is 2.44 bits per heavy atom. The molecule has 3 heteroatoms. The van der Waals surface area contributed by atoms with Gasteiger partial charge < -0.3 is 10.4 Å². The van der Waals surface area contributed by atoms with Crippen molar-refractivity contribution in [2.45, 2.75) is 76.8 Å². The molecule has 2 aliphatic rings. The van der Waals surface area contributed by atoms with Crippen molar-refractivity contribution in [2.75, 3.05) is 0 Å². The molecule has 0 spiro atoms. The molecule has 3 nitrogen and oxygen atoms in total. The fraction of sp³-hybridized carbons (Fsp3) is 0.933. The van der Waals surface area contributed by atoms with Crippen molar-refractivity contribution >= 4 is 5.97 Å². The van der Waals surface area contributed by atoms with Gasteiger partial charge >= 0.3 is 5.97 Å². The highest BCUT2D eigenvalue weighted by Crippen LogP contribution is 2.29. The highest BCUT2D eigenvalue weighted by molar-refractivity contribution is 5.70. The Balaban J connectivity index is 1.74. The minimum absolute atomic E-state index is 0.108. The molecule has 2 fully saturated rings.